The second kappa shape index (κ2) is 5.31. The first-order valence-electron chi connectivity index (χ1n) is 5.70. The monoisotopic (exact) mass is 377 g/mol. The molecule has 2 aromatic carbocycles. The van der Waals surface area contributed by atoms with Crippen molar-refractivity contribution in [2.45, 2.75) is 0 Å². The lowest BCUT2D eigenvalue weighted by Gasteiger charge is -2.07. The van der Waals surface area contributed by atoms with Gasteiger partial charge in [0, 0.05) is 10.7 Å². The van der Waals surface area contributed by atoms with Crippen molar-refractivity contribution in [1.29, 1.82) is 0 Å². The van der Waals surface area contributed by atoms with Crippen LogP contribution in [0.2, 0.25) is 0 Å². The number of ether oxygens (including phenoxy) is 1. The van der Waals surface area contributed by atoms with E-state index < -0.39 is 0 Å². The Hall–Kier alpha value is -1.39. The lowest BCUT2D eigenvalue weighted by molar-refractivity contribution is 0.460. The van der Waals surface area contributed by atoms with E-state index in [1.54, 1.807) is 6.20 Å². The maximum atomic E-state index is 5.79. The van der Waals surface area contributed by atoms with Crippen molar-refractivity contribution < 1.29 is 4.74 Å². The molecule has 0 fully saturated rings. The van der Waals surface area contributed by atoms with E-state index in [9.17, 15) is 0 Å². The number of rotatable bonds is 2. The van der Waals surface area contributed by atoms with Crippen LogP contribution in [0.25, 0.3) is 10.8 Å². The van der Waals surface area contributed by atoms with Crippen molar-refractivity contribution in [3.8, 4) is 11.6 Å². The molecule has 3 aromatic rings. The summed E-state index contributed by atoms with van der Waals surface area (Å²) in [7, 11) is 0. The van der Waals surface area contributed by atoms with Crippen molar-refractivity contribution in [3.63, 3.8) is 0 Å². The van der Waals surface area contributed by atoms with Crippen molar-refractivity contribution in [2.75, 3.05) is 0 Å². The van der Waals surface area contributed by atoms with E-state index in [-0.39, 0.29) is 0 Å². The summed E-state index contributed by atoms with van der Waals surface area (Å²) < 4.78 is 7.52. The Morgan fingerprint density at radius 1 is 0.895 bits per heavy atom. The molecule has 0 spiro atoms. The van der Waals surface area contributed by atoms with E-state index in [0.717, 1.165) is 20.1 Å². The summed E-state index contributed by atoms with van der Waals surface area (Å²) in [5.41, 5.74) is 0. The molecule has 0 aliphatic heterocycles. The summed E-state index contributed by atoms with van der Waals surface area (Å²) in [6, 6.07) is 16.1. The summed E-state index contributed by atoms with van der Waals surface area (Å²) in [4.78, 5) is 4.24. The topological polar surface area (TPSA) is 22.1 Å². The fourth-order valence-electron chi connectivity index (χ4n) is 1.82. The maximum Gasteiger partial charge on any atom is 0.233 e. The van der Waals surface area contributed by atoms with Gasteiger partial charge in [0.1, 0.15) is 5.75 Å². The highest BCUT2D eigenvalue weighted by atomic mass is 79.9. The molecule has 3 rings (SSSR count). The third kappa shape index (κ3) is 2.80. The molecule has 0 amide bonds. The third-order valence-corrected chi connectivity index (χ3v) is 3.71. The van der Waals surface area contributed by atoms with Gasteiger partial charge in [-0.25, -0.2) is 4.98 Å². The Morgan fingerprint density at radius 2 is 1.68 bits per heavy atom. The normalized spacial score (nSPS) is 10.6. The zero-order chi connectivity index (χ0) is 13.2. The lowest BCUT2D eigenvalue weighted by atomic mass is 10.1. The van der Waals surface area contributed by atoms with Crippen LogP contribution in [0.15, 0.2) is 63.7 Å². The second-order valence-corrected chi connectivity index (χ2v) is 5.82. The summed E-state index contributed by atoms with van der Waals surface area (Å²) in [6.45, 7) is 0. The summed E-state index contributed by atoms with van der Waals surface area (Å²) >= 11 is 6.80. The van der Waals surface area contributed by atoms with Crippen LogP contribution >= 0.6 is 31.9 Å². The standard InChI is InChI=1S/C15H9Br2NO/c16-12-8-14(17)15(18-9-12)19-13-6-5-10-3-1-2-4-11(10)7-13/h1-9H. The molecular weight excluding hydrogens is 370 g/mol. The number of benzene rings is 2. The molecule has 0 aliphatic rings. The van der Waals surface area contributed by atoms with E-state index in [2.05, 4.69) is 49.0 Å². The van der Waals surface area contributed by atoms with Crippen molar-refractivity contribution in [1.82, 2.24) is 4.98 Å². The fourth-order valence-corrected chi connectivity index (χ4v) is 2.89. The Kier molecular flexibility index (Phi) is 3.53. The highest BCUT2D eigenvalue weighted by molar-refractivity contribution is 9.11. The van der Waals surface area contributed by atoms with Crippen LogP contribution in [-0.4, -0.2) is 4.98 Å². The molecule has 0 atom stereocenters. The minimum atomic E-state index is 0.554. The van der Waals surface area contributed by atoms with Gasteiger partial charge in [0.2, 0.25) is 5.88 Å². The van der Waals surface area contributed by atoms with E-state index in [0.29, 0.717) is 5.88 Å². The number of pyridine rings is 1. The number of hydrogen-bond donors (Lipinski definition) is 0. The Bertz CT molecular complexity index is 743. The zero-order valence-corrected chi connectivity index (χ0v) is 13.0. The molecule has 0 unspecified atom stereocenters. The number of fused-ring (bicyclic) bond motifs is 1. The largest absolute Gasteiger partial charge is 0.438 e. The first-order chi connectivity index (χ1) is 9.22. The zero-order valence-electron chi connectivity index (χ0n) is 9.81. The van der Waals surface area contributed by atoms with Crippen LogP contribution in [0.1, 0.15) is 0 Å². The van der Waals surface area contributed by atoms with Crippen LogP contribution in [0, 0.1) is 0 Å². The SMILES string of the molecule is Brc1cnc(Oc2ccc3ccccc3c2)c(Br)c1. The van der Waals surface area contributed by atoms with E-state index in [4.69, 9.17) is 4.74 Å². The van der Waals surface area contributed by atoms with Crippen LogP contribution in [-0.2, 0) is 0 Å². The minimum absolute atomic E-state index is 0.554. The Labute approximate surface area is 127 Å². The highest BCUT2D eigenvalue weighted by Crippen LogP contribution is 2.30. The molecule has 94 valence electrons. The van der Waals surface area contributed by atoms with Gasteiger partial charge < -0.3 is 4.74 Å². The van der Waals surface area contributed by atoms with Gasteiger partial charge in [-0.3, -0.25) is 0 Å². The quantitative estimate of drug-likeness (QED) is 0.583. The van der Waals surface area contributed by atoms with Crippen LogP contribution in [0.4, 0.5) is 0 Å². The lowest BCUT2D eigenvalue weighted by Crippen LogP contribution is -1.89. The Morgan fingerprint density at radius 3 is 2.47 bits per heavy atom. The highest BCUT2D eigenvalue weighted by Gasteiger charge is 2.05. The van der Waals surface area contributed by atoms with Gasteiger partial charge in [0.25, 0.3) is 0 Å². The van der Waals surface area contributed by atoms with Gasteiger partial charge in [-0.1, -0.05) is 30.3 Å². The number of aromatic nitrogens is 1. The van der Waals surface area contributed by atoms with E-state index in [1.807, 2.05) is 36.4 Å². The molecule has 2 nitrogen and oxygen atoms in total. The third-order valence-electron chi connectivity index (χ3n) is 2.71. The van der Waals surface area contributed by atoms with Crippen molar-refractivity contribution in [2.24, 2.45) is 0 Å². The number of halogens is 2. The van der Waals surface area contributed by atoms with Crippen molar-refractivity contribution >= 4 is 42.6 Å². The molecular formula is C15H9Br2NO. The summed E-state index contributed by atoms with van der Waals surface area (Å²) in [5.74, 6) is 1.33. The van der Waals surface area contributed by atoms with Gasteiger partial charge in [0.05, 0.1) is 4.47 Å². The smallest absolute Gasteiger partial charge is 0.233 e. The second-order valence-electron chi connectivity index (χ2n) is 4.05. The van der Waals surface area contributed by atoms with Crippen molar-refractivity contribution in [3.05, 3.63) is 63.7 Å². The predicted molar refractivity (Wildman–Crippen MR) is 83.7 cm³/mol. The molecule has 0 bridgehead atoms. The molecule has 4 heteroatoms. The minimum Gasteiger partial charge on any atom is -0.438 e. The molecule has 0 saturated heterocycles. The molecule has 0 saturated carbocycles. The van der Waals surface area contributed by atoms with Gasteiger partial charge in [-0.2, -0.15) is 0 Å². The average Bonchev–Trinajstić information content (AvgIpc) is 2.42. The first-order valence-corrected chi connectivity index (χ1v) is 7.29. The maximum absolute atomic E-state index is 5.79. The van der Waals surface area contributed by atoms with Crippen LogP contribution in [0.3, 0.4) is 0 Å². The fraction of sp³-hybridized carbons (Fsp3) is 0. The summed E-state index contributed by atoms with van der Waals surface area (Å²) in [6.07, 6.45) is 1.71. The average molecular weight is 379 g/mol. The first kappa shape index (κ1) is 12.6. The predicted octanol–water partition coefficient (Wildman–Crippen LogP) is 5.55. The molecule has 0 radical (unpaired) electrons. The van der Waals surface area contributed by atoms with E-state index in [1.165, 1.54) is 5.39 Å². The van der Waals surface area contributed by atoms with Crippen LogP contribution in [0.5, 0.6) is 11.6 Å². The van der Waals surface area contributed by atoms with Gasteiger partial charge >= 0.3 is 0 Å². The van der Waals surface area contributed by atoms with E-state index >= 15 is 0 Å². The van der Waals surface area contributed by atoms with Gasteiger partial charge in [-0.05, 0) is 60.8 Å². The molecule has 1 aromatic heterocycles. The molecule has 0 aliphatic carbocycles. The molecule has 19 heavy (non-hydrogen) atoms. The number of hydrogen-bond acceptors (Lipinski definition) is 2. The van der Waals surface area contributed by atoms with Gasteiger partial charge in [-0.15, -0.1) is 0 Å². The van der Waals surface area contributed by atoms with Crippen LogP contribution < -0.4 is 4.74 Å². The Balaban J connectivity index is 1.96. The number of nitrogens with zero attached hydrogens (tertiary/aromatic N) is 1. The summed E-state index contributed by atoms with van der Waals surface area (Å²) in [5, 5.41) is 2.34. The molecule has 0 N–H and O–H groups in total. The van der Waals surface area contributed by atoms with Gasteiger partial charge in [0.15, 0.2) is 0 Å². The molecule has 1 heterocycles.